The Hall–Kier alpha value is -1.66. The van der Waals surface area contributed by atoms with E-state index in [-0.39, 0.29) is 18.5 Å². The predicted molar refractivity (Wildman–Crippen MR) is 283 cm³/mol. The predicted octanol–water partition coefficient (Wildman–Crippen LogP) is 17.9. The van der Waals surface area contributed by atoms with Gasteiger partial charge in [0.2, 0.25) is 5.91 Å². The van der Waals surface area contributed by atoms with Gasteiger partial charge in [0, 0.05) is 12.8 Å². The summed E-state index contributed by atoms with van der Waals surface area (Å²) in [6.45, 7) is 4.86. The average molecular weight is 917 g/mol. The van der Waals surface area contributed by atoms with Gasteiger partial charge in [-0.25, -0.2) is 0 Å². The lowest BCUT2D eigenvalue weighted by molar-refractivity contribution is -0.143. The van der Waals surface area contributed by atoms with Crippen LogP contribution >= 0.6 is 0 Å². The Bertz CT molecular complexity index is 1010. The van der Waals surface area contributed by atoms with Crippen molar-refractivity contribution in [2.45, 2.75) is 328 Å². The van der Waals surface area contributed by atoms with Crippen LogP contribution in [-0.2, 0) is 14.3 Å². The third-order valence-corrected chi connectivity index (χ3v) is 13.5. The van der Waals surface area contributed by atoms with Crippen LogP contribution in [0.25, 0.3) is 0 Å². The molecule has 0 aliphatic carbocycles. The fourth-order valence-electron chi connectivity index (χ4n) is 9.01. The zero-order chi connectivity index (χ0) is 47.2. The highest BCUT2D eigenvalue weighted by molar-refractivity contribution is 5.76. The highest BCUT2D eigenvalue weighted by Crippen LogP contribution is 2.18. The Balaban J connectivity index is 3.47. The minimum absolute atomic E-state index is 0.0385. The van der Waals surface area contributed by atoms with Crippen LogP contribution in [0.2, 0.25) is 0 Å². The number of amides is 1. The maximum atomic E-state index is 12.5. The van der Waals surface area contributed by atoms with E-state index in [2.05, 4.69) is 43.5 Å². The van der Waals surface area contributed by atoms with Crippen LogP contribution in [0, 0.1) is 0 Å². The number of carbonyl (C=O) groups excluding carboxylic acids is 2. The van der Waals surface area contributed by atoms with Crippen LogP contribution in [0.1, 0.15) is 316 Å². The molecular weight excluding hydrogens is 803 g/mol. The first-order valence-electron chi connectivity index (χ1n) is 29.1. The summed E-state index contributed by atoms with van der Waals surface area (Å²) in [7, 11) is 0. The van der Waals surface area contributed by atoms with E-state index >= 15 is 0 Å². The molecule has 0 bridgehead atoms. The molecule has 384 valence electrons. The highest BCUT2D eigenvalue weighted by Gasteiger charge is 2.20. The summed E-state index contributed by atoms with van der Waals surface area (Å²) in [5.74, 6) is -0.0992. The van der Waals surface area contributed by atoms with Crippen molar-refractivity contribution < 1.29 is 24.5 Å². The largest absolute Gasteiger partial charge is 0.466 e. The molecular formula is C59H113NO5. The fourth-order valence-corrected chi connectivity index (χ4v) is 9.01. The van der Waals surface area contributed by atoms with Crippen molar-refractivity contribution >= 4 is 11.9 Å². The molecule has 0 aliphatic rings. The third kappa shape index (κ3) is 51.6. The highest BCUT2D eigenvalue weighted by atomic mass is 16.5. The minimum Gasteiger partial charge on any atom is -0.466 e. The molecule has 0 aromatic carbocycles. The molecule has 6 heteroatoms. The van der Waals surface area contributed by atoms with E-state index in [1.165, 1.54) is 212 Å². The lowest BCUT2D eigenvalue weighted by atomic mass is 10.0. The zero-order valence-corrected chi connectivity index (χ0v) is 43.7. The number of ether oxygens (including phenoxy) is 1. The number of esters is 1. The van der Waals surface area contributed by atoms with Gasteiger partial charge in [-0.05, 0) is 51.4 Å². The standard InChI is InChI=1S/C59H113NO5/c1-3-5-7-9-11-13-15-17-19-20-21-22-23-24-25-26-27-28-29-30-32-35-39-43-47-51-57(62)56(55-61)60-58(63)52-48-44-40-36-34-38-42-46-50-54-65-59(64)53-49-45-41-37-33-31-18-16-14-12-10-8-6-4-2/h10,12,16,18,56-57,61-62H,3-9,11,13-15,17,19-55H2,1-2H3,(H,60,63)/b12-10-,18-16-. The van der Waals surface area contributed by atoms with Crippen LogP contribution in [0.4, 0.5) is 0 Å². The van der Waals surface area contributed by atoms with Gasteiger partial charge in [0.25, 0.3) is 0 Å². The van der Waals surface area contributed by atoms with Gasteiger partial charge in [-0.2, -0.15) is 0 Å². The summed E-state index contributed by atoms with van der Waals surface area (Å²) in [6.07, 6.45) is 66.0. The Kier molecular flexibility index (Phi) is 53.5. The minimum atomic E-state index is -0.684. The lowest BCUT2D eigenvalue weighted by Crippen LogP contribution is -2.45. The first kappa shape index (κ1) is 63.3. The maximum absolute atomic E-state index is 12.5. The van der Waals surface area contributed by atoms with Crippen molar-refractivity contribution in [1.82, 2.24) is 5.32 Å². The Morgan fingerprint density at radius 1 is 0.431 bits per heavy atom. The van der Waals surface area contributed by atoms with Crippen LogP contribution in [0.15, 0.2) is 24.3 Å². The van der Waals surface area contributed by atoms with Gasteiger partial charge in [-0.3, -0.25) is 9.59 Å². The number of unbranched alkanes of at least 4 members (excludes halogenated alkanes) is 39. The molecule has 0 radical (unpaired) electrons. The number of nitrogens with one attached hydrogen (secondary N) is 1. The van der Waals surface area contributed by atoms with E-state index in [0.717, 1.165) is 70.6 Å². The van der Waals surface area contributed by atoms with Crippen molar-refractivity contribution in [2.75, 3.05) is 13.2 Å². The molecule has 6 nitrogen and oxygen atoms in total. The van der Waals surface area contributed by atoms with Gasteiger partial charge < -0.3 is 20.3 Å². The van der Waals surface area contributed by atoms with Crippen molar-refractivity contribution in [3.63, 3.8) is 0 Å². The second kappa shape index (κ2) is 54.9. The lowest BCUT2D eigenvalue weighted by Gasteiger charge is -2.22. The zero-order valence-electron chi connectivity index (χ0n) is 43.7. The van der Waals surface area contributed by atoms with Gasteiger partial charge >= 0.3 is 5.97 Å². The normalized spacial score (nSPS) is 12.7. The first-order chi connectivity index (χ1) is 32.0. The van der Waals surface area contributed by atoms with Gasteiger partial charge in [-0.1, -0.05) is 276 Å². The SMILES string of the molecule is CCCC/C=C\C/C=C\CCCCCCCC(=O)OCCCCCCCCCCCC(=O)NC(CO)C(O)CCCCCCCCCCCCCCCCCCCCCCCCCCC. The van der Waals surface area contributed by atoms with Gasteiger partial charge in [0.05, 0.1) is 25.4 Å². The molecule has 2 atom stereocenters. The fraction of sp³-hybridized carbons (Fsp3) is 0.898. The van der Waals surface area contributed by atoms with E-state index in [1.807, 2.05) is 0 Å². The van der Waals surface area contributed by atoms with E-state index in [0.29, 0.717) is 25.9 Å². The molecule has 2 unspecified atom stereocenters. The molecule has 0 aromatic heterocycles. The molecule has 0 aromatic rings. The molecule has 0 heterocycles. The molecule has 0 saturated carbocycles. The number of rotatable bonds is 54. The summed E-state index contributed by atoms with van der Waals surface area (Å²) in [6, 6.07) is -0.564. The van der Waals surface area contributed by atoms with Crippen molar-refractivity contribution in [2.24, 2.45) is 0 Å². The van der Waals surface area contributed by atoms with Crippen molar-refractivity contribution in [3.8, 4) is 0 Å². The average Bonchev–Trinajstić information content (AvgIpc) is 3.31. The smallest absolute Gasteiger partial charge is 0.305 e. The van der Waals surface area contributed by atoms with Crippen LogP contribution in [-0.4, -0.2) is 47.4 Å². The summed E-state index contributed by atoms with van der Waals surface area (Å²) in [5.41, 5.74) is 0. The molecule has 0 spiro atoms. The first-order valence-corrected chi connectivity index (χ1v) is 29.1. The number of carbonyl (C=O) groups is 2. The Morgan fingerprint density at radius 2 is 0.785 bits per heavy atom. The molecule has 0 rings (SSSR count). The summed E-state index contributed by atoms with van der Waals surface area (Å²) in [4.78, 5) is 24.5. The van der Waals surface area contributed by atoms with Crippen LogP contribution in [0.3, 0.4) is 0 Å². The Morgan fingerprint density at radius 3 is 1.22 bits per heavy atom. The molecule has 0 fully saturated rings. The Labute approximate surface area is 405 Å². The summed E-state index contributed by atoms with van der Waals surface area (Å²) in [5, 5.41) is 23.3. The monoisotopic (exact) mass is 916 g/mol. The van der Waals surface area contributed by atoms with Gasteiger partial charge in [-0.15, -0.1) is 0 Å². The molecule has 0 aliphatic heterocycles. The quantitative estimate of drug-likeness (QED) is 0.0321. The molecule has 1 amide bonds. The third-order valence-electron chi connectivity index (χ3n) is 13.5. The summed E-state index contributed by atoms with van der Waals surface area (Å²) >= 11 is 0. The second-order valence-corrected chi connectivity index (χ2v) is 20.0. The van der Waals surface area contributed by atoms with Crippen molar-refractivity contribution in [1.29, 1.82) is 0 Å². The summed E-state index contributed by atoms with van der Waals surface area (Å²) < 4.78 is 5.45. The number of allylic oxidation sites excluding steroid dienone is 4. The topological polar surface area (TPSA) is 95.9 Å². The second-order valence-electron chi connectivity index (χ2n) is 20.0. The molecule has 3 N–H and O–H groups in total. The molecule has 0 saturated heterocycles. The number of aliphatic hydroxyl groups is 2. The maximum Gasteiger partial charge on any atom is 0.305 e. The van der Waals surface area contributed by atoms with E-state index < -0.39 is 12.1 Å². The number of hydrogen-bond donors (Lipinski definition) is 3. The number of hydrogen-bond acceptors (Lipinski definition) is 5. The van der Waals surface area contributed by atoms with Gasteiger partial charge in [0.15, 0.2) is 0 Å². The molecule has 65 heavy (non-hydrogen) atoms. The van der Waals surface area contributed by atoms with Crippen LogP contribution < -0.4 is 5.32 Å². The van der Waals surface area contributed by atoms with E-state index in [1.54, 1.807) is 0 Å². The van der Waals surface area contributed by atoms with E-state index in [9.17, 15) is 19.8 Å². The van der Waals surface area contributed by atoms with E-state index in [4.69, 9.17) is 4.74 Å². The van der Waals surface area contributed by atoms with Crippen molar-refractivity contribution in [3.05, 3.63) is 24.3 Å². The number of aliphatic hydroxyl groups excluding tert-OH is 2. The van der Waals surface area contributed by atoms with Gasteiger partial charge in [0.1, 0.15) is 0 Å². The van der Waals surface area contributed by atoms with Crippen LogP contribution in [0.5, 0.6) is 0 Å².